The molecule has 1 aliphatic carbocycles. The minimum atomic E-state index is 0.349. The third-order valence-electron chi connectivity index (χ3n) is 5.45. The van der Waals surface area contributed by atoms with E-state index >= 15 is 0 Å². The molecular weight excluding hydrogens is 322 g/mol. The average Bonchev–Trinajstić information content (AvgIpc) is 2.65. The normalized spacial score (nSPS) is 13.6. The van der Waals surface area contributed by atoms with E-state index in [4.69, 9.17) is 16.1 Å². The number of nitrogens with two attached hydrogens (primary N) is 1. The van der Waals surface area contributed by atoms with Gasteiger partial charge in [0.1, 0.15) is 5.75 Å². The van der Waals surface area contributed by atoms with Crippen molar-refractivity contribution in [2.45, 2.75) is 39.5 Å². The predicted molar refractivity (Wildman–Crippen MR) is 107 cm³/mol. The van der Waals surface area contributed by atoms with Crippen LogP contribution in [0.15, 0.2) is 24.3 Å². The SMILES string of the molecule is Cc1cc(-c2nc3ccc(N)c(C=N)c3c3c2CCCC3)cc(C)c1O. The maximum atomic E-state index is 10.1. The number of nitrogens with zero attached hydrogens (tertiary/aromatic N) is 1. The number of phenols is 1. The number of phenolic OH excluding ortho intramolecular Hbond substituents is 1. The van der Waals surface area contributed by atoms with E-state index < -0.39 is 0 Å². The van der Waals surface area contributed by atoms with Crippen LogP contribution in [-0.4, -0.2) is 16.3 Å². The Morgan fingerprint density at radius 3 is 2.38 bits per heavy atom. The maximum Gasteiger partial charge on any atom is 0.121 e. The highest BCUT2D eigenvalue weighted by molar-refractivity contribution is 6.05. The van der Waals surface area contributed by atoms with Gasteiger partial charge >= 0.3 is 0 Å². The van der Waals surface area contributed by atoms with Gasteiger partial charge in [-0.25, -0.2) is 4.98 Å². The Morgan fingerprint density at radius 2 is 1.73 bits per heavy atom. The zero-order chi connectivity index (χ0) is 18.4. The smallest absolute Gasteiger partial charge is 0.121 e. The first kappa shape index (κ1) is 16.6. The third-order valence-corrected chi connectivity index (χ3v) is 5.45. The lowest BCUT2D eigenvalue weighted by Crippen LogP contribution is -2.10. The van der Waals surface area contributed by atoms with Crippen LogP contribution in [0, 0.1) is 19.3 Å². The third kappa shape index (κ3) is 2.45. The number of pyridine rings is 1. The summed E-state index contributed by atoms with van der Waals surface area (Å²) in [4.78, 5) is 4.98. The first-order valence-corrected chi connectivity index (χ1v) is 9.06. The second kappa shape index (κ2) is 6.13. The van der Waals surface area contributed by atoms with Gasteiger partial charge < -0.3 is 16.2 Å². The highest BCUT2D eigenvalue weighted by Gasteiger charge is 2.22. The van der Waals surface area contributed by atoms with Gasteiger partial charge in [-0.15, -0.1) is 0 Å². The summed E-state index contributed by atoms with van der Waals surface area (Å²) in [6.07, 6.45) is 5.61. The van der Waals surface area contributed by atoms with Crippen LogP contribution in [0.5, 0.6) is 5.75 Å². The number of aromatic hydroxyl groups is 1. The summed E-state index contributed by atoms with van der Waals surface area (Å²) in [5, 5.41) is 19.0. The molecule has 0 saturated carbocycles. The summed E-state index contributed by atoms with van der Waals surface area (Å²) < 4.78 is 0. The maximum absolute atomic E-state index is 10.1. The lowest BCUT2D eigenvalue weighted by atomic mass is 9.84. The van der Waals surface area contributed by atoms with Crippen LogP contribution in [0.25, 0.3) is 22.2 Å². The zero-order valence-corrected chi connectivity index (χ0v) is 15.2. The summed E-state index contributed by atoms with van der Waals surface area (Å²) in [6, 6.07) is 7.82. The molecule has 0 bridgehead atoms. The molecule has 132 valence electrons. The Morgan fingerprint density at radius 1 is 1.08 bits per heavy atom. The molecule has 0 saturated heterocycles. The molecule has 4 heteroatoms. The molecule has 4 N–H and O–H groups in total. The highest BCUT2D eigenvalue weighted by Crippen LogP contribution is 2.38. The lowest BCUT2D eigenvalue weighted by molar-refractivity contribution is 0.467. The van der Waals surface area contributed by atoms with Gasteiger partial charge in [-0.2, -0.15) is 0 Å². The van der Waals surface area contributed by atoms with Crippen LogP contribution in [0.3, 0.4) is 0 Å². The Bertz CT molecular complexity index is 1030. The van der Waals surface area contributed by atoms with Gasteiger partial charge in [0.2, 0.25) is 0 Å². The molecule has 0 fully saturated rings. The Kier molecular flexibility index (Phi) is 3.91. The van der Waals surface area contributed by atoms with E-state index in [1.807, 2.05) is 38.1 Å². The van der Waals surface area contributed by atoms with Crippen molar-refractivity contribution in [2.75, 3.05) is 5.73 Å². The van der Waals surface area contributed by atoms with E-state index in [1.165, 1.54) is 17.3 Å². The monoisotopic (exact) mass is 345 g/mol. The van der Waals surface area contributed by atoms with Crippen molar-refractivity contribution in [3.63, 3.8) is 0 Å². The van der Waals surface area contributed by atoms with E-state index in [0.29, 0.717) is 11.4 Å². The summed E-state index contributed by atoms with van der Waals surface area (Å²) in [5.74, 6) is 0.349. The molecule has 0 atom stereocenters. The summed E-state index contributed by atoms with van der Waals surface area (Å²) >= 11 is 0. The van der Waals surface area contributed by atoms with Crippen molar-refractivity contribution in [3.8, 4) is 17.0 Å². The standard InChI is InChI=1S/C22H23N3O/c1-12-9-14(10-13(2)22(12)26)21-16-6-4-3-5-15(16)20-17(11-23)18(24)7-8-19(20)25-21/h7-11,23,26H,3-6,24H2,1-2H3. The van der Waals surface area contributed by atoms with Crippen molar-refractivity contribution < 1.29 is 5.11 Å². The van der Waals surface area contributed by atoms with Gasteiger partial charge in [-0.3, -0.25) is 0 Å². The van der Waals surface area contributed by atoms with Gasteiger partial charge in [-0.05, 0) is 86.1 Å². The summed E-state index contributed by atoms with van der Waals surface area (Å²) in [5.41, 5.74) is 14.7. The van der Waals surface area contributed by atoms with E-state index in [2.05, 4.69) is 0 Å². The number of anilines is 1. The number of benzene rings is 2. The number of aromatic nitrogens is 1. The number of rotatable bonds is 2. The van der Waals surface area contributed by atoms with Gasteiger partial charge in [0.25, 0.3) is 0 Å². The fourth-order valence-corrected chi connectivity index (χ4v) is 4.15. The van der Waals surface area contributed by atoms with E-state index in [1.54, 1.807) is 0 Å². The Labute approximate surface area is 153 Å². The molecule has 0 aliphatic heterocycles. The van der Waals surface area contributed by atoms with Crippen LogP contribution in [-0.2, 0) is 12.8 Å². The predicted octanol–water partition coefficient (Wildman–Crippen LogP) is 4.68. The molecular formula is C22H23N3O. The largest absolute Gasteiger partial charge is 0.507 e. The fraction of sp³-hybridized carbons (Fsp3) is 0.273. The second-order valence-corrected chi connectivity index (χ2v) is 7.19. The van der Waals surface area contributed by atoms with Gasteiger partial charge in [0, 0.05) is 28.4 Å². The molecule has 1 aliphatic rings. The van der Waals surface area contributed by atoms with Crippen molar-refractivity contribution >= 4 is 22.8 Å². The first-order valence-electron chi connectivity index (χ1n) is 9.06. The molecule has 3 aromatic rings. The number of fused-ring (bicyclic) bond motifs is 3. The van der Waals surface area contributed by atoms with Crippen molar-refractivity contribution in [2.24, 2.45) is 0 Å². The van der Waals surface area contributed by atoms with Gasteiger partial charge in [0.15, 0.2) is 0 Å². The van der Waals surface area contributed by atoms with Crippen LogP contribution >= 0.6 is 0 Å². The van der Waals surface area contributed by atoms with Gasteiger partial charge in [-0.1, -0.05) is 0 Å². The molecule has 2 aromatic carbocycles. The van der Waals surface area contributed by atoms with Crippen molar-refractivity contribution in [1.29, 1.82) is 5.41 Å². The molecule has 0 radical (unpaired) electrons. The van der Waals surface area contributed by atoms with E-state index in [0.717, 1.165) is 64.5 Å². The number of hydrogen-bond donors (Lipinski definition) is 3. The highest BCUT2D eigenvalue weighted by atomic mass is 16.3. The summed E-state index contributed by atoms with van der Waals surface area (Å²) in [6.45, 7) is 3.85. The number of hydrogen-bond acceptors (Lipinski definition) is 4. The number of nitrogen functional groups attached to an aromatic ring is 1. The molecule has 4 rings (SSSR count). The molecule has 0 amide bonds. The Balaban J connectivity index is 2.09. The minimum absolute atomic E-state index is 0.349. The molecule has 0 spiro atoms. The first-order chi connectivity index (χ1) is 12.5. The molecule has 26 heavy (non-hydrogen) atoms. The van der Waals surface area contributed by atoms with Crippen molar-refractivity contribution in [1.82, 2.24) is 4.98 Å². The fourth-order valence-electron chi connectivity index (χ4n) is 4.15. The molecule has 0 unspecified atom stereocenters. The zero-order valence-electron chi connectivity index (χ0n) is 15.2. The molecule has 4 nitrogen and oxygen atoms in total. The van der Waals surface area contributed by atoms with Gasteiger partial charge in [0.05, 0.1) is 11.2 Å². The Hall–Kier alpha value is -2.88. The summed E-state index contributed by atoms with van der Waals surface area (Å²) in [7, 11) is 0. The minimum Gasteiger partial charge on any atom is -0.507 e. The molecule has 1 aromatic heterocycles. The van der Waals surface area contributed by atoms with Crippen molar-refractivity contribution in [3.05, 3.63) is 52.1 Å². The van der Waals surface area contributed by atoms with E-state index in [-0.39, 0.29) is 0 Å². The van der Waals surface area contributed by atoms with Crippen LogP contribution in [0.4, 0.5) is 5.69 Å². The second-order valence-electron chi connectivity index (χ2n) is 7.19. The van der Waals surface area contributed by atoms with Crippen LogP contribution in [0.2, 0.25) is 0 Å². The molecule has 1 heterocycles. The topological polar surface area (TPSA) is 83.0 Å². The van der Waals surface area contributed by atoms with Crippen LogP contribution < -0.4 is 5.73 Å². The quantitative estimate of drug-likeness (QED) is 0.466. The number of nitrogens with one attached hydrogen (secondary N) is 1. The average molecular weight is 345 g/mol. The lowest BCUT2D eigenvalue weighted by Gasteiger charge is -2.23. The number of aryl methyl sites for hydroxylation is 3. The van der Waals surface area contributed by atoms with E-state index in [9.17, 15) is 5.11 Å². The van der Waals surface area contributed by atoms with Crippen LogP contribution in [0.1, 0.15) is 40.7 Å².